The molecule has 120 valence electrons. The molecule has 2 atom stereocenters. The van der Waals surface area contributed by atoms with Crippen molar-refractivity contribution in [2.75, 3.05) is 13.2 Å². The van der Waals surface area contributed by atoms with Gasteiger partial charge in [0, 0.05) is 19.3 Å². The third kappa shape index (κ3) is 3.07. The molecule has 2 amide bonds. The number of amides is 2. The van der Waals surface area contributed by atoms with Gasteiger partial charge in [-0.25, -0.2) is 0 Å². The minimum Gasteiger partial charge on any atom is -0.381 e. The third-order valence-electron chi connectivity index (χ3n) is 4.79. The van der Waals surface area contributed by atoms with Gasteiger partial charge in [-0.2, -0.15) is 0 Å². The highest BCUT2D eigenvalue weighted by molar-refractivity contribution is 5.99. The van der Waals surface area contributed by atoms with E-state index in [0.29, 0.717) is 5.92 Å². The van der Waals surface area contributed by atoms with Crippen LogP contribution in [0.1, 0.15) is 47.5 Å². The monoisotopic (exact) mass is 296 g/mol. The molecule has 0 aromatic rings. The van der Waals surface area contributed by atoms with Crippen LogP contribution >= 0.6 is 0 Å². The fourth-order valence-corrected chi connectivity index (χ4v) is 3.50. The second-order valence-electron chi connectivity index (χ2n) is 7.21. The maximum absolute atomic E-state index is 12.9. The van der Waals surface area contributed by atoms with E-state index < -0.39 is 5.54 Å². The van der Waals surface area contributed by atoms with Crippen LogP contribution in [0, 0.1) is 11.8 Å². The third-order valence-corrected chi connectivity index (χ3v) is 4.79. The van der Waals surface area contributed by atoms with E-state index in [0.717, 1.165) is 26.1 Å². The number of hydrogen-bond acceptors (Lipinski definition) is 3. The first-order valence-corrected chi connectivity index (χ1v) is 7.98. The van der Waals surface area contributed by atoms with Crippen LogP contribution < -0.4 is 5.32 Å². The zero-order valence-electron chi connectivity index (χ0n) is 13.8. The Labute approximate surface area is 127 Å². The molecule has 5 heteroatoms. The molecule has 0 radical (unpaired) electrons. The van der Waals surface area contributed by atoms with Crippen LogP contribution in [0.2, 0.25) is 0 Å². The molecular formula is C16H28N2O3. The number of rotatable bonds is 3. The predicted molar refractivity (Wildman–Crippen MR) is 80.7 cm³/mol. The summed E-state index contributed by atoms with van der Waals surface area (Å²) in [7, 11) is 0. The number of carbonyl (C=O) groups excluding carboxylic acids is 2. The summed E-state index contributed by atoms with van der Waals surface area (Å²) in [6.07, 6.45) is 1.91. The summed E-state index contributed by atoms with van der Waals surface area (Å²) >= 11 is 0. The lowest BCUT2D eigenvalue weighted by atomic mass is 9.85. The lowest BCUT2D eigenvalue weighted by molar-refractivity contribution is -0.160. The molecule has 2 aliphatic heterocycles. The molecule has 0 aromatic carbocycles. The van der Waals surface area contributed by atoms with Crippen LogP contribution in [0.4, 0.5) is 0 Å². The molecule has 0 saturated carbocycles. The van der Waals surface area contributed by atoms with Crippen molar-refractivity contribution < 1.29 is 14.3 Å². The predicted octanol–water partition coefficient (Wildman–Crippen LogP) is 1.56. The fourth-order valence-electron chi connectivity index (χ4n) is 3.50. The molecule has 0 bridgehead atoms. The van der Waals surface area contributed by atoms with Gasteiger partial charge in [0.1, 0.15) is 11.6 Å². The summed E-state index contributed by atoms with van der Waals surface area (Å²) < 4.78 is 5.42. The summed E-state index contributed by atoms with van der Waals surface area (Å²) in [5, 5.41) is 2.87. The van der Waals surface area contributed by atoms with Gasteiger partial charge in [-0.05, 0) is 45.4 Å². The highest BCUT2D eigenvalue weighted by Crippen LogP contribution is 2.30. The van der Waals surface area contributed by atoms with Gasteiger partial charge < -0.3 is 15.0 Å². The molecular weight excluding hydrogens is 268 g/mol. The topological polar surface area (TPSA) is 58.6 Å². The quantitative estimate of drug-likeness (QED) is 0.860. The molecule has 21 heavy (non-hydrogen) atoms. The van der Waals surface area contributed by atoms with Crippen molar-refractivity contribution in [2.24, 2.45) is 11.8 Å². The zero-order valence-corrected chi connectivity index (χ0v) is 13.8. The Bertz CT molecular complexity index is 414. The van der Waals surface area contributed by atoms with E-state index in [9.17, 15) is 9.59 Å². The van der Waals surface area contributed by atoms with E-state index in [1.165, 1.54) is 0 Å². The summed E-state index contributed by atoms with van der Waals surface area (Å²) in [5.74, 6) is 0.506. The van der Waals surface area contributed by atoms with Crippen molar-refractivity contribution >= 4 is 11.8 Å². The zero-order chi connectivity index (χ0) is 15.8. The Balaban J connectivity index is 2.29. The van der Waals surface area contributed by atoms with Gasteiger partial charge in [0.2, 0.25) is 11.8 Å². The molecule has 0 spiro atoms. The van der Waals surface area contributed by atoms with Crippen LogP contribution in [0.25, 0.3) is 0 Å². The van der Waals surface area contributed by atoms with Gasteiger partial charge in [-0.3, -0.25) is 9.59 Å². The Morgan fingerprint density at radius 2 is 1.76 bits per heavy atom. The standard InChI is InChI=1S/C16H28N2O3/c1-10(2)13-14(19)17-16(4,5)15(20)18(13)11(3)12-6-8-21-9-7-12/h10-13H,6-9H2,1-5H3,(H,17,19). The number of hydrogen-bond donors (Lipinski definition) is 1. The molecule has 0 aliphatic carbocycles. The summed E-state index contributed by atoms with van der Waals surface area (Å²) in [5.41, 5.74) is -0.818. The Morgan fingerprint density at radius 3 is 2.29 bits per heavy atom. The second kappa shape index (κ2) is 5.95. The molecule has 2 aliphatic rings. The highest BCUT2D eigenvalue weighted by Gasteiger charge is 2.49. The van der Waals surface area contributed by atoms with E-state index in [1.54, 1.807) is 13.8 Å². The maximum Gasteiger partial charge on any atom is 0.248 e. The molecule has 2 saturated heterocycles. The number of ether oxygens (including phenoxy) is 1. The fraction of sp³-hybridized carbons (Fsp3) is 0.875. The van der Waals surface area contributed by atoms with Crippen LogP contribution in [-0.4, -0.2) is 47.6 Å². The maximum atomic E-state index is 12.9. The normalized spacial score (nSPS) is 28.7. The van der Waals surface area contributed by atoms with Crippen LogP contribution in [0.3, 0.4) is 0 Å². The van der Waals surface area contributed by atoms with Crippen molar-refractivity contribution in [3.8, 4) is 0 Å². The minimum atomic E-state index is -0.818. The first-order valence-electron chi connectivity index (χ1n) is 7.98. The lowest BCUT2D eigenvalue weighted by Crippen LogP contribution is -2.71. The Hall–Kier alpha value is -1.10. The number of piperazine rings is 1. The molecule has 2 rings (SSSR count). The molecule has 2 unspecified atom stereocenters. The second-order valence-corrected chi connectivity index (χ2v) is 7.21. The van der Waals surface area contributed by atoms with Gasteiger partial charge in [-0.1, -0.05) is 13.8 Å². The molecule has 5 nitrogen and oxygen atoms in total. The van der Waals surface area contributed by atoms with Gasteiger partial charge in [0.05, 0.1) is 0 Å². The van der Waals surface area contributed by atoms with Crippen molar-refractivity contribution in [1.82, 2.24) is 10.2 Å². The molecule has 1 N–H and O–H groups in total. The van der Waals surface area contributed by atoms with Crippen molar-refractivity contribution in [3.05, 3.63) is 0 Å². The van der Waals surface area contributed by atoms with Gasteiger partial charge in [0.15, 0.2) is 0 Å². The van der Waals surface area contributed by atoms with E-state index in [2.05, 4.69) is 12.2 Å². The SMILES string of the molecule is CC(C)C1C(=O)NC(C)(C)C(=O)N1C(C)C1CCOCC1. The first-order chi connectivity index (χ1) is 9.75. The number of nitrogens with zero attached hydrogens (tertiary/aromatic N) is 1. The van der Waals surface area contributed by atoms with Gasteiger partial charge in [-0.15, -0.1) is 0 Å². The van der Waals surface area contributed by atoms with Gasteiger partial charge in [0.25, 0.3) is 0 Å². The smallest absolute Gasteiger partial charge is 0.248 e. The first kappa shape index (κ1) is 16.3. The lowest BCUT2D eigenvalue weighted by Gasteiger charge is -2.49. The number of carbonyl (C=O) groups is 2. The largest absolute Gasteiger partial charge is 0.381 e. The Kier molecular flexibility index (Phi) is 4.61. The van der Waals surface area contributed by atoms with Crippen molar-refractivity contribution in [1.29, 1.82) is 0 Å². The van der Waals surface area contributed by atoms with Crippen molar-refractivity contribution in [2.45, 2.75) is 65.1 Å². The average molecular weight is 296 g/mol. The van der Waals surface area contributed by atoms with E-state index >= 15 is 0 Å². The van der Waals surface area contributed by atoms with E-state index in [4.69, 9.17) is 4.74 Å². The molecule has 2 fully saturated rings. The van der Waals surface area contributed by atoms with Crippen LogP contribution in [0.5, 0.6) is 0 Å². The van der Waals surface area contributed by atoms with Crippen LogP contribution in [-0.2, 0) is 14.3 Å². The van der Waals surface area contributed by atoms with E-state index in [1.807, 2.05) is 18.7 Å². The summed E-state index contributed by atoms with van der Waals surface area (Å²) in [6, 6.07) is -0.303. The van der Waals surface area contributed by atoms with Crippen LogP contribution in [0.15, 0.2) is 0 Å². The summed E-state index contributed by atoms with van der Waals surface area (Å²) in [4.78, 5) is 27.2. The van der Waals surface area contributed by atoms with E-state index in [-0.39, 0.29) is 29.8 Å². The Morgan fingerprint density at radius 1 is 1.19 bits per heavy atom. The molecule has 0 aromatic heterocycles. The highest BCUT2D eigenvalue weighted by atomic mass is 16.5. The average Bonchev–Trinajstić information content (AvgIpc) is 2.41. The summed E-state index contributed by atoms with van der Waals surface area (Å²) in [6.45, 7) is 11.1. The molecule has 2 heterocycles. The van der Waals surface area contributed by atoms with Gasteiger partial charge >= 0.3 is 0 Å². The minimum absolute atomic E-state index is 0.0276. The van der Waals surface area contributed by atoms with Crippen molar-refractivity contribution in [3.63, 3.8) is 0 Å². The number of nitrogens with one attached hydrogen (secondary N) is 1.